The summed E-state index contributed by atoms with van der Waals surface area (Å²) in [6.45, 7) is 0. The van der Waals surface area contributed by atoms with Gasteiger partial charge in [0.2, 0.25) is 0 Å². The summed E-state index contributed by atoms with van der Waals surface area (Å²) in [5.41, 5.74) is 15.1. The molecule has 0 spiro atoms. The average Bonchev–Trinajstić information content (AvgIpc) is 2.08. The molecule has 0 aromatic heterocycles. The number of nitrogens with two attached hydrogens (primary N) is 2. The first-order valence-electron chi connectivity index (χ1n) is 3.77. The largest absolute Gasteiger partial charge is 0.375 e. The van der Waals surface area contributed by atoms with Gasteiger partial charge in [0.15, 0.2) is 10.2 Å². The first-order chi connectivity index (χ1) is 6.63. The van der Waals surface area contributed by atoms with Gasteiger partial charge in [0.05, 0.1) is 0 Å². The number of hydrazone groups is 2. The van der Waals surface area contributed by atoms with Crippen LogP contribution in [-0.2, 0) is 0 Å². The summed E-state index contributed by atoms with van der Waals surface area (Å²) in [5.74, 6) is 0. The van der Waals surface area contributed by atoms with E-state index in [9.17, 15) is 0 Å². The van der Waals surface area contributed by atoms with Gasteiger partial charge in [-0.1, -0.05) is 0 Å². The summed E-state index contributed by atoms with van der Waals surface area (Å²) >= 11 is 9.06. The van der Waals surface area contributed by atoms with Crippen LogP contribution in [0.1, 0.15) is 12.8 Å². The van der Waals surface area contributed by atoms with E-state index < -0.39 is 0 Å². The maximum atomic E-state index is 5.13. The third kappa shape index (κ3) is 10.7. The van der Waals surface area contributed by atoms with Crippen molar-refractivity contribution in [1.82, 2.24) is 10.9 Å². The van der Waals surface area contributed by atoms with Crippen molar-refractivity contribution in [2.45, 2.75) is 12.8 Å². The minimum absolute atomic E-state index is 0.144. The average molecular weight is 232 g/mol. The van der Waals surface area contributed by atoms with Gasteiger partial charge in [0.1, 0.15) is 0 Å². The normalized spacial score (nSPS) is 10.6. The third-order valence-corrected chi connectivity index (χ3v) is 1.14. The highest BCUT2D eigenvalue weighted by molar-refractivity contribution is 7.80. The lowest BCUT2D eigenvalue weighted by Crippen LogP contribution is -2.24. The zero-order valence-electron chi connectivity index (χ0n) is 7.43. The molecular formula is C6H12N6S2. The fourth-order valence-electron chi connectivity index (χ4n) is 0.497. The molecule has 14 heavy (non-hydrogen) atoms. The maximum absolute atomic E-state index is 5.13. The van der Waals surface area contributed by atoms with Gasteiger partial charge in [0.25, 0.3) is 0 Å². The monoisotopic (exact) mass is 232 g/mol. The van der Waals surface area contributed by atoms with Crippen LogP contribution >= 0.6 is 24.4 Å². The van der Waals surface area contributed by atoms with E-state index in [0.717, 1.165) is 12.8 Å². The number of rotatable bonds is 5. The Bertz CT molecular complexity index is 223. The molecule has 0 saturated carbocycles. The summed E-state index contributed by atoms with van der Waals surface area (Å²) in [4.78, 5) is 0. The minimum Gasteiger partial charge on any atom is -0.375 e. The quantitative estimate of drug-likeness (QED) is 0.219. The molecule has 0 amide bonds. The van der Waals surface area contributed by atoms with Crippen molar-refractivity contribution in [2.75, 3.05) is 0 Å². The Morgan fingerprint density at radius 2 is 1.36 bits per heavy atom. The summed E-state index contributed by atoms with van der Waals surface area (Å²) in [5, 5.41) is 7.75. The first-order valence-corrected chi connectivity index (χ1v) is 4.58. The molecule has 8 heteroatoms. The lowest BCUT2D eigenvalue weighted by atomic mass is 10.3. The predicted octanol–water partition coefficient (Wildman–Crippen LogP) is -0.595. The van der Waals surface area contributed by atoms with E-state index in [2.05, 4.69) is 45.5 Å². The first kappa shape index (κ1) is 12.7. The smallest absolute Gasteiger partial charge is 0.184 e. The minimum atomic E-state index is 0.144. The van der Waals surface area contributed by atoms with E-state index in [1.165, 1.54) is 0 Å². The number of unbranched alkanes of at least 4 members (excludes halogenated alkanes) is 1. The van der Waals surface area contributed by atoms with Crippen molar-refractivity contribution in [3.05, 3.63) is 0 Å². The van der Waals surface area contributed by atoms with Crippen LogP contribution in [0.4, 0.5) is 0 Å². The van der Waals surface area contributed by atoms with E-state index in [4.69, 9.17) is 11.5 Å². The summed E-state index contributed by atoms with van der Waals surface area (Å²) in [6.07, 6.45) is 4.73. The highest BCUT2D eigenvalue weighted by atomic mass is 32.1. The van der Waals surface area contributed by atoms with Crippen molar-refractivity contribution < 1.29 is 0 Å². The van der Waals surface area contributed by atoms with Crippen molar-refractivity contribution in [3.8, 4) is 0 Å². The van der Waals surface area contributed by atoms with Gasteiger partial charge in [0, 0.05) is 12.4 Å². The van der Waals surface area contributed by atoms with Crippen molar-refractivity contribution >= 4 is 47.1 Å². The molecule has 0 fully saturated rings. The molecule has 0 saturated heterocycles. The van der Waals surface area contributed by atoms with Gasteiger partial charge < -0.3 is 11.5 Å². The Hall–Kier alpha value is -1.28. The van der Waals surface area contributed by atoms with Gasteiger partial charge in [-0.2, -0.15) is 10.2 Å². The lowest BCUT2D eigenvalue weighted by Gasteiger charge is -1.93. The van der Waals surface area contributed by atoms with Crippen LogP contribution in [-0.4, -0.2) is 22.7 Å². The lowest BCUT2D eigenvalue weighted by molar-refractivity contribution is 1.00. The number of nitrogens with one attached hydrogen (secondary N) is 2. The van der Waals surface area contributed by atoms with Crippen LogP contribution in [0.3, 0.4) is 0 Å². The molecule has 0 unspecified atom stereocenters. The number of hydrogen-bond acceptors (Lipinski definition) is 4. The van der Waals surface area contributed by atoms with Crippen LogP contribution in [0.25, 0.3) is 0 Å². The zero-order chi connectivity index (χ0) is 10.8. The molecule has 6 nitrogen and oxygen atoms in total. The Morgan fingerprint density at radius 3 is 1.64 bits per heavy atom. The molecule has 0 aromatic rings. The SMILES string of the molecule is NC(=S)NN=CCCC=NNC(N)=S. The van der Waals surface area contributed by atoms with Crippen molar-refractivity contribution in [2.24, 2.45) is 21.7 Å². The summed E-state index contributed by atoms with van der Waals surface area (Å²) < 4.78 is 0. The van der Waals surface area contributed by atoms with Gasteiger partial charge in [-0.25, -0.2) is 0 Å². The van der Waals surface area contributed by atoms with Crippen LogP contribution in [0, 0.1) is 0 Å². The molecule has 78 valence electrons. The molecule has 6 N–H and O–H groups in total. The predicted molar refractivity (Wildman–Crippen MR) is 66.1 cm³/mol. The topological polar surface area (TPSA) is 101 Å². The van der Waals surface area contributed by atoms with Gasteiger partial charge in [-0.05, 0) is 37.3 Å². The highest BCUT2D eigenvalue weighted by Gasteiger charge is 1.81. The van der Waals surface area contributed by atoms with E-state index in [-0.39, 0.29) is 10.2 Å². The molecule has 0 aliphatic carbocycles. The van der Waals surface area contributed by atoms with Crippen molar-refractivity contribution in [1.29, 1.82) is 0 Å². The number of nitrogens with zero attached hydrogens (tertiary/aromatic N) is 2. The van der Waals surface area contributed by atoms with Gasteiger partial charge in [-0.15, -0.1) is 0 Å². The van der Waals surface area contributed by atoms with Crippen LogP contribution < -0.4 is 22.3 Å². The second-order valence-corrected chi connectivity index (χ2v) is 3.03. The van der Waals surface area contributed by atoms with Crippen LogP contribution in [0.15, 0.2) is 10.2 Å². The van der Waals surface area contributed by atoms with Crippen molar-refractivity contribution in [3.63, 3.8) is 0 Å². The van der Waals surface area contributed by atoms with E-state index in [0.29, 0.717) is 0 Å². The maximum Gasteiger partial charge on any atom is 0.184 e. The second-order valence-electron chi connectivity index (χ2n) is 2.15. The van der Waals surface area contributed by atoms with Crippen LogP contribution in [0.2, 0.25) is 0 Å². The second kappa shape index (κ2) is 8.32. The molecular weight excluding hydrogens is 220 g/mol. The molecule has 0 aromatic carbocycles. The number of hydrogen-bond donors (Lipinski definition) is 4. The molecule has 0 heterocycles. The molecule has 0 aliphatic rings. The standard InChI is InChI=1S/C6H12N6S2/c7-5(13)11-9-3-1-2-4-10-12-6(8)14/h3-4H,1-2H2,(H3,7,11,13)(H3,8,12,14). The van der Waals surface area contributed by atoms with Gasteiger partial charge >= 0.3 is 0 Å². The molecule has 0 atom stereocenters. The number of thiocarbonyl (C=S) groups is 2. The summed E-state index contributed by atoms with van der Waals surface area (Å²) in [7, 11) is 0. The Morgan fingerprint density at radius 1 is 1.00 bits per heavy atom. The van der Waals surface area contributed by atoms with E-state index >= 15 is 0 Å². The molecule has 0 aliphatic heterocycles. The Balaban J connectivity index is 3.37. The van der Waals surface area contributed by atoms with Gasteiger partial charge in [-0.3, -0.25) is 10.9 Å². The fourth-order valence-corrected chi connectivity index (χ4v) is 0.602. The Kier molecular flexibility index (Phi) is 7.56. The van der Waals surface area contributed by atoms with E-state index in [1.807, 2.05) is 0 Å². The summed E-state index contributed by atoms with van der Waals surface area (Å²) in [6, 6.07) is 0. The Labute approximate surface area is 92.8 Å². The zero-order valence-corrected chi connectivity index (χ0v) is 9.07. The third-order valence-electron chi connectivity index (χ3n) is 0.957. The fraction of sp³-hybridized carbons (Fsp3) is 0.333. The van der Waals surface area contributed by atoms with Crippen LogP contribution in [0.5, 0.6) is 0 Å². The molecule has 0 bridgehead atoms. The molecule has 0 rings (SSSR count). The molecule has 0 radical (unpaired) electrons. The highest BCUT2D eigenvalue weighted by Crippen LogP contribution is 1.79. The van der Waals surface area contributed by atoms with E-state index in [1.54, 1.807) is 12.4 Å².